The van der Waals surface area contributed by atoms with Crippen LogP contribution in [-0.2, 0) is 11.2 Å². The molecule has 0 aliphatic heterocycles. The maximum Gasteiger partial charge on any atom is 0.257 e. The number of hydrogen-bond acceptors (Lipinski definition) is 5. The smallest absolute Gasteiger partial charge is 0.257 e. The molecule has 27 heavy (non-hydrogen) atoms. The van der Waals surface area contributed by atoms with Gasteiger partial charge in [-0.2, -0.15) is 0 Å². The van der Waals surface area contributed by atoms with Crippen LogP contribution in [0.5, 0.6) is 0 Å². The van der Waals surface area contributed by atoms with Gasteiger partial charge in [-0.15, -0.1) is 10.2 Å². The van der Waals surface area contributed by atoms with Crippen molar-refractivity contribution in [1.82, 2.24) is 10.2 Å². The van der Waals surface area contributed by atoms with Crippen molar-refractivity contribution < 1.29 is 4.79 Å². The van der Waals surface area contributed by atoms with E-state index in [2.05, 4.69) is 36.3 Å². The first-order valence-electron chi connectivity index (χ1n) is 8.44. The zero-order valence-electron chi connectivity index (χ0n) is 15.3. The summed E-state index contributed by atoms with van der Waals surface area (Å²) in [5, 5.41) is 12.2. The van der Waals surface area contributed by atoms with Gasteiger partial charge in [0.1, 0.15) is 0 Å². The van der Waals surface area contributed by atoms with Crippen LogP contribution in [0, 0.1) is 0 Å². The predicted molar refractivity (Wildman–Crippen MR) is 114 cm³/mol. The number of carbonyl (C=O) groups excluding carboxylic acids is 1. The topological polar surface area (TPSA) is 54.9 Å². The number of halogens is 1. The number of amides is 1. The molecule has 4 nitrogen and oxygen atoms in total. The highest BCUT2D eigenvalue weighted by molar-refractivity contribution is 8.00. The van der Waals surface area contributed by atoms with Crippen molar-refractivity contribution in [3.63, 3.8) is 0 Å². The Morgan fingerprint density at radius 2 is 1.89 bits per heavy atom. The van der Waals surface area contributed by atoms with E-state index in [1.807, 2.05) is 48.5 Å². The minimum atomic E-state index is -0.182. The molecule has 3 aromatic rings. The Morgan fingerprint density at radius 3 is 2.56 bits per heavy atom. The normalized spacial score (nSPS) is 11.4. The van der Waals surface area contributed by atoms with Gasteiger partial charge in [0.25, 0.3) is 5.91 Å². The van der Waals surface area contributed by atoms with E-state index in [1.54, 1.807) is 11.8 Å². The highest BCUT2D eigenvalue weighted by atomic mass is 35.5. The fraction of sp³-hybridized carbons (Fsp3) is 0.250. The van der Waals surface area contributed by atoms with Crippen LogP contribution >= 0.6 is 34.7 Å². The maximum atomic E-state index is 12.4. The fourth-order valence-corrected chi connectivity index (χ4v) is 4.28. The zero-order chi connectivity index (χ0) is 19.4. The van der Waals surface area contributed by atoms with Gasteiger partial charge < -0.3 is 0 Å². The van der Waals surface area contributed by atoms with Gasteiger partial charge in [-0.3, -0.25) is 10.1 Å². The number of nitrogens with zero attached hydrogens (tertiary/aromatic N) is 2. The average molecular weight is 418 g/mol. The van der Waals surface area contributed by atoms with Crippen LogP contribution in [0.4, 0.5) is 5.13 Å². The van der Waals surface area contributed by atoms with Crippen molar-refractivity contribution in [3.8, 4) is 0 Å². The van der Waals surface area contributed by atoms with Gasteiger partial charge in [0.15, 0.2) is 4.34 Å². The number of hydrogen-bond donors (Lipinski definition) is 1. The van der Waals surface area contributed by atoms with Crippen LogP contribution in [0.2, 0.25) is 5.02 Å². The van der Waals surface area contributed by atoms with Crippen molar-refractivity contribution >= 4 is 45.7 Å². The van der Waals surface area contributed by atoms with E-state index in [4.69, 9.17) is 11.6 Å². The largest absolute Gasteiger partial charge is 0.296 e. The summed E-state index contributed by atoms with van der Waals surface area (Å²) in [7, 11) is 0. The van der Waals surface area contributed by atoms with Crippen LogP contribution in [0.3, 0.4) is 0 Å². The van der Waals surface area contributed by atoms with Gasteiger partial charge in [-0.05, 0) is 40.8 Å². The molecule has 0 aliphatic carbocycles. The van der Waals surface area contributed by atoms with Crippen molar-refractivity contribution in [2.24, 2.45) is 0 Å². The van der Waals surface area contributed by atoms with Gasteiger partial charge in [0.05, 0.1) is 0 Å². The van der Waals surface area contributed by atoms with Crippen LogP contribution in [-0.4, -0.2) is 16.1 Å². The second-order valence-corrected chi connectivity index (χ2v) is 9.71. The lowest BCUT2D eigenvalue weighted by atomic mass is 9.87. The second-order valence-electron chi connectivity index (χ2n) is 7.07. The molecule has 1 N–H and O–H groups in total. The summed E-state index contributed by atoms with van der Waals surface area (Å²) in [5.41, 5.74) is 2.97. The number of rotatable bonds is 5. The third-order valence-electron chi connectivity index (χ3n) is 3.89. The Balaban J connectivity index is 1.59. The quantitative estimate of drug-likeness (QED) is 0.406. The van der Waals surface area contributed by atoms with Crippen LogP contribution in [0.1, 0.15) is 42.3 Å². The Morgan fingerprint density at radius 1 is 1.15 bits per heavy atom. The van der Waals surface area contributed by atoms with Gasteiger partial charge in [0, 0.05) is 16.3 Å². The number of aromatic nitrogens is 2. The Hall–Kier alpha value is -1.89. The zero-order valence-corrected chi connectivity index (χ0v) is 17.7. The molecule has 0 atom stereocenters. The van der Waals surface area contributed by atoms with Crippen molar-refractivity contribution in [1.29, 1.82) is 0 Å². The van der Waals surface area contributed by atoms with Gasteiger partial charge in [0.2, 0.25) is 5.13 Å². The Labute approximate surface area is 172 Å². The molecule has 0 saturated carbocycles. The third-order valence-corrected chi connectivity index (χ3v) is 6.17. The minimum Gasteiger partial charge on any atom is -0.296 e. The first-order chi connectivity index (χ1) is 12.8. The summed E-state index contributed by atoms with van der Waals surface area (Å²) < 4.78 is 0.799. The van der Waals surface area contributed by atoms with Gasteiger partial charge in [-0.25, -0.2) is 0 Å². The molecule has 0 bridgehead atoms. The molecule has 2 aromatic carbocycles. The monoisotopic (exact) mass is 417 g/mol. The molecular formula is C20H20ClN3OS2. The lowest BCUT2D eigenvalue weighted by molar-refractivity contribution is 0.102. The molecule has 140 valence electrons. The minimum absolute atomic E-state index is 0.0589. The summed E-state index contributed by atoms with van der Waals surface area (Å²) in [6, 6.07) is 15.4. The predicted octanol–water partition coefficient (Wildman–Crippen LogP) is 6.03. The lowest BCUT2D eigenvalue weighted by Crippen LogP contribution is -2.14. The maximum absolute atomic E-state index is 12.4. The molecule has 0 fully saturated rings. The summed E-state index contributed by atoms with van der Waals surface area (Å²) in [4.78, 5) is 12.4. The van der Waals surface area contributed by atoms with E-state index in [9.17, 15) is 4.79 Å². The number of benzene rings is 2. The van der Waals surface area contributed by atoms with E-state index in [1.165, 1.54) is 16.9 Å². The van der Waals surface area contributed by atoms with Crippen LogP contribution in [0.25, 0.3) is 0 Å². The first kappa shape index (κ1) is 19.9. The molecule has 1 heterocycles. The molecule has 3 rings (SSSR count). The third kappa shape index (κ3) is 5.54. The Bertz CT molecular complexity index is 933. The van der Waals surface area contributed by atoms with E-state index < -0.39 is 0 Å². The molecule has 0 aliphatic rings. The summed E-state index contributed by atoms with van der Waals surface area (Å²) >= 11 is 8.93. The van der Waals surface area contributed by atoms with Crippen LogP contribution in [0.15, 0.2) is 52.9 Å². The van der Waals surface area contributed by atoms with Crippen molar-refractivity contribution in [2.75, 3.05) is 5.32 Å². The first-order valence-corrected chi connectivity index (χ1v) is 10.6. The highest BCUT2D eigenvalue weighted by Gasteiger charge is 2.15. The van der Waals surface area contributed by atoms with E-state index >= 15 is 0 Å². The SMILES string of the molecule is CC(C)(C)c1ccc(C(=O)Nc2nnc(SCc3cccc(Cl)c3)s2)cc1. The number of anilines is 1. The van der Waals surface area contributed by atoms with Gasteiger partial charge >= 0.3 is 0 Å². The van der Waals surface area contributed by atoms with Crippen molar-refractivity contribution in [3.05, 3.63) is 70.2 Å². The Kier molecular flexibility index (Phi) is 6.19. The molecule has 1 amide bonds. The molecule has 0 spiro atoms. The number of thioether (sulfide) groups is 1. The molecular weight excluding hydrogens is 398 g/mol. The summed E-state index contributed by atoms with van der Waals surface area (Å²) in [5.74, 6) is 0.565. The lowest BCUT2D eigenvalue weighted by Gasteiger charge is -2.18. The highest BCUT2D eigenvalue weighted by Crippen LogP contribution is 2.29. The summed E-state index contributed by atoms with van der Waals surface area (Å²) in [6.07, 6.45) is 0. The van der Waals surface area contributed by atoms with Crippen molar-refractivity contribution in [2.45, 2.75) is 36.3 Å². The standard InChI is InChI=1S/C20H20ClN3OS2/c1-20(2,3)15-9-7-14(8-10-15)17(25)22-18-23-24-19(27-18)26-12-13-5-4-6-16(21)11-13/h4-11H,12H2,1-3H3,(H,22,23,25). The van der Waals surface area contributed by atoms with E-state index in [0.29, 0.717) is 10.7 Å². The second kappa shape index (κ2) is 8.42. The fourth-order valence-electron chi connectivity index (χ4n) is 2.38. The average Bonchev–Trinajstić information content (AvgIpc) is 3.07. The van der Waals surface area contributed by atoms with E-state index in [0.717, 1.165) is 20.7 Å². The molecule has 1 aromatic heterocycles. The molecule has 0 unspecified atom stereocenters. The molecule has 7 heteroatoms. The number of nitrogens with one attached hydrogen (secondary N) is 1. The number of carbonyl (C=O) groups is 1. The van der Waals surface area contributed by atoms with Crippen LogP contribution < -0.4 is 5.32 Å². The summed E-state index contributed by atoms with van der Waals surface area (Å²) in [6.45, 7) is 6.43. The van der Waals surface area contributed by atoms with Gasteiger partial charge in [-0.1, -0.05) is 79.7 Å². The molecule has 0 radical (unpaired) electrons. The molecule has 0 saturated heterocycles. The van der Waals surface area contributed by atoms with E-state index in [-0.39, 0.29) is 11.3 Å².